The second-order valence-electron chi connectivity index (χ2n) is 5.10. The van der Waals surface area contributed by atoms with Gasteiger partial charge in [-0.15, -0.1) is 0 Å². The molecule has 0 aliphatic rings. The van der Waals surface area contributed by atoms with Crippen molar-refractivity contribution in [3.63, 3.8) is 0 Å². The predicted molar refractivity (Wildman–Crippen MR) is 92.3 cm³/mol. The highest BCUT2D eigenvalue weighted by Gasteiger charge is 2.13. The van der Waals surface area contributed by atoms with Crippen molar-refractivity contribution in [3.05, 3.63) is 70.3 Å². The average Bonchev–Trinajstić information content (AvgIpc) is 2.58. The van der Waals surface area contributed by atoms with E-state index in [1.54, 1.807) is 6.26 Å². The maximum absolute atomic E-state index is 13.4. The normalized spacial score (nSPS) is 10.8. The Labute approximate surface area is 141 Å². The minimum Gasteiger partial charge on any atom is -0.273 e. The number of carbonyl (C=O) groups is 1. The number of hydrogen-bond acceptors (Lipinski definition) is 4. The standard InChI is InChI=1S/C17H14FN3O2S/c1-24-17-19-14-8-7-12(18)10-13(14)16(23)21(17)20-15(22)9-11-5-3-2-4-6-11/h2-8,10H,9H2,1H3,(H,20,22). The fourth-order valence-corrected chi connectivity index (χ4v) is 2.82. The van der Waals surface area contributed by atoms with E-state index >= 15 is 0 Å². The Morgan fingerprint density at radius 3 is 2.71 bits per heavy atom. The summed E-state index contributed by atoms with van der Waals surface area (Å²) in [5.41, 5.74) is 3.26. The number of carbonyl (C=O) groups excluding carboxylic acids is 1. The molecule has 3 aromatic rings. The SMILES string of the molecule is CSc1nc2ccc(F)cc2c(=O)n1NC(=O)Cc1ccccc1. The highest BCUT2D eigenvalue weighted by atomic mass is 32.2. The highest BCUT2D eigenvalue weighted by molar-refractivity contribution is 7.98. The summed E-state index contributed by atoms with van der Waals surface area (Å²) in [5, 5.41) is 0.452. The van der Waals surface area contributed by atoms with E-state index in [0.29, 0.717) is 10.7 Å². The number of amides is 1. The van der Waals surface area contributed by atoms with Crippen LogP contribution in [0.2, 0.25) is 0 Å². The number of nitrogens with zero attached hydrogens (tertiary/aromatic N) is 2. The van der Waals surface area contributed by atoms with Gasteiger partial charge < -0.3 is 0 Å². The summed E-state index contributed by atoms with van der Waals surface area (Å²) < 4.78 is 14.5. The first kappa shape index (κ1) is 16.2. The molecular weight excluding hydrogens is 329 g/mol. The van der Waals surface area contributed by atoms with E-state index in [4.69, 9.17) is 0 Å². The van der Waals surface area contributed by atoms with Crippen LogP contribution in [0.4, 0.5) is 4.39 Å². The first-order valence-electron chi connectivity index (χ1n) is 7.18. The Bertz CT molecular complexity index is 957. The number of fused-ring (bicyclic) bond motifs is 1. The Morgan fingerprint density at radius 2 is 2.00 bits per heavy atom. The number of hydrogen-bond donors (Lipinski definition) is 1. The van der Waals surface area contributed by atoms with Crippen molar-refractivity contribution in [2.45, 2.75) is 11.6 Å². The molecule has 0 radical (unpaired) electrons. The molecule has 0 aliphatic heterocycles. The smallest absolute Gasteiger partial charge is 0.273 e. The lowest BCUT2D eigenvalue weighted by Crippen LogP contribution is -2.35. The number of rotatable bonds is 4. The molecule has 7 heteroatoms. The van der Waals surface area contributed by atoms with E-state index in [0.717, 1.165) is 16.3 Å². The van der Waals surface area contributed by atoms with Crippen molar-refractivity contribution in [2.75, 3.05) is 11.7 Å². The summed E-state index contributed by atoms with van der Waals surface area (Å²) in [6.07, 6.45) is 1.87. The van der Waals surface area contributed by atoms with Gasteiger partial charge in [0.15, 0.2) is 5.16 Å². The van der Waals surface area contributed by atoms with Gasteiger partial charge in [0.25, 0.3) is 5.56 Å². The second-order valence-corrected chi connectivity index (χ2v) is 5.87. The minimum atomic E-state index is -0.527. The van der Waals surface area contributed by atoms with Crippen LogP contribution in [-0.2, 0) is 11.2 Å². The van der Waals surface area contributed by atoms with Crippen molar-refractivity contribution in [2.24, 2.45) is 0 Å². The predicted octanol–water partition coefficient (Wildman–Crippen LogP) is 2.57. The van der Waals surface area contributed by atoms with Crippen molar-refractivity contribution in [3.8, 4) is 0 Å². The molecule has 1 N–H and O–H groups in total. The Balaban J connectivity index is 1.97. The lowest BCUT2D eigenvalue weighted by atomic mass is 10.1. The molecule has 0 unspecified atom stereocenters. The van der Waals surface area contributed by atoms with Crippen LogP contribution in [0.25, 0.3) is 10.9 Å². The van der Waals surface area contributed by atoms with Crippen LogP contribution in [0.3, 0.4) is 0 Å². The molecule has 0 atom stereocenters. The van der Waals surface area contributed by atoms with E-state index in [2.05, 4.69) is 10.4 Å². The molecule has 122 valence electrons. The number of aromatic nitrogens is 2. The average molecular weight is 343 g/mol. The molecular formula is C17H14FN3O2S. The van der Waals surface area contributed by atoms with Crippen molar-refractivity contribution in [1.29, 1.82) is 0 Å². The number of nitrogens with one attached hydrogen (secondary N) is 1. The van der Waals surface area contributed by atoms with Crippen LogP contribution in [0, 0.1) is 5.82 Å². The third-order valence-corrected chi connectivity index (χ3v) is 4.07. The fraction of sp³-hybridized carbons (Fsp3) is 0.118. The van der Waals surface area contributed by atoms with E-state index in [-0.39, 0.29) is 17.7 Å². The highest BCUT2D eigenvalue weighted by Crippen LogP contribution is 2.15. The summed E-state index contributed by atoms with van der Waals surface area (Å²) in [6.45, 7) is 0. The van der Waals surface area contributed by atoms with Gasteiger partial charge in [-0.1, -0.05) is 42.1 Å². The Morgan fingerprint density at radius 1 is 1.25 bits per heavy atom. The van der Waals surface area contributed by atoms with Crippen LogP contribution in [0.1, 0.15) is 5.56 Å². The van der Waals surface area contributed by atoms with Crippen molar-refractivity contribution >= 4 is 28.6 Å². The van der Waals surface area contributed by atoms with Crippen LogP contribution in [0.15, 0.2) is 58.5 Å². The van der Waals surface area contributed by atoms with Crippen LogP contribution >= 0.6 is 11.8 Å². The third-order valence-electron chi connectivity index (χ3n) is 3.43. The molecule has 0 fully saturated rings. The third kappa shape index (κ3) is 3.30. The maximum atomic E-state index is 13.4. The first-order chi connectivity index (χ1) is 11.6. The quantitative estimate of drug-likeness (QED) is 0.584. The van der Waals surface area contributed by atoms with Gasteiger partial charge >= 0.3 is 0 Å². The summed E-state index contributed by atoms with van der Waals surface area (Å²) in [6, 6.07) is 13.0. The van der Waals surface area contributed by atoms with E-state index < -0.39 is 11.4 Å². The van der Waals surface area contributed by atoms with Gasteiger partial charge in [-0.2, -0.15) is 4.68 Å². The molecule has 0 bridgehead atoms. The Hall–Kier alpha value is -2.67. The van der Waals surface area contributed by atoms with Gasteiger partial charge in [0, 0.05) is 0 Å². The largest absolute Gasteiger partial charge is 0.281 e. The first-order valence-corrected chi connectivity index (χ1v) is 8.41. The molecule has 1 aromatic heterocycles. The maximum Gasteiger partial charge on any atom is 0.281 e. The van der Waals surface area contributed by atoms with Crippen LogP contribution in [0.5, 0.6) is 0 Å². The molecule has 2 aromatic carbocycles. The van der Waals surface area contributed by atoms with Gasteiger partial charge in [0.2, 0.25) is 5.91 Å². The zero-order valence-electron chi connectivity index (χ0n) is 12.8. The number of thioether (sulfide) groups is 1. The monoisotopic (exact) mass is 343 g/mol. The summed E-state index contributed by atoms with van der Waals surface area (Å²) in [5.74, 6) is -0.878. The lowest BCUT2D eigenvalue weighted by Gasteiger charge is -2.13. The van der Waals surface area contributed by atoms with Gasteiger partial charge in [-0.3, -0.25) is 15.0 Å². The van der Waals surface area contributed by atoms with E-state index in [9.17, 15) is 14.0 Å². The Kier molecular flexibility index (Phi) is 4.61. The molecule has 0 aliphatic carbocycles. The van der Waals surface area contributed by atoms with Crippen molar-refractivity contribution in [1.82, 2.24) is 9.66 Å². The molecule has 0 spiro atoms. The van der Waals surface area contributed by atoms with Crippen LogP contribution < -0.4 is 11.0 Å². The van der Waals surface area contributed by atoms with Gasteiger partial charge in [0.05, 0.1) is 17.3 Å². The van der Waals surface area contributed by atoms with E-state index in [1.165, 1.54) is 23.9 Å². The van der Waals surface area contributed by atoms with Crippen LogP contribution in [-0.4, -0.2) is 21.8 Å². The number of benzene rings is 2. The molecule has 1 amide bonds. The molecule has 24 heavy (non-hydrogen) atoms. The zero-order valence-corrected chi connectivity index (χ0v) is 13.6. The molecule has 3 rings (SSSR count). The lowest BCUT2D eigenvalue weighted by molar-refractivity contribution is -0.116. The summed E-state index contributed by atoms with van der Waals surface area (Å²) in [7, 11) is 0. The molecule has 0 saturated heterocycles. The van der Waals surface area contributed by atoms with Gasteiger partial charge in [-0.05, 0) is 30.0 Å². The second kappa shape index (κ2) is 6.84. The minimum absolute atomic E-state index is 0.118. The fourth-order valence-electron chi connectivity index (χ4n) is 2.32. The van der Waals surface area contributed by atoms with Gasteiger partial charge in [-0.25, -0.2) is 9.37 Å². The van der Waals surface area contributed by atoms with Crippen molar-refractivity contribution < 1.29 is 9.18 Å². The van der Waals surface area contributed by atoms with E-state index in [1.807, 2.05) is 30.3 Å². The topological polar surface area (TPSA) is 64.0 Å². The molecule has 5 nitrogen and oxygen atoms in total. The summed E-state index contributed by atoms with van der Waals surface area (Å²) in [4.78, 5) is 29.1. The zero-order chi connectivity index (χ0) is 17.1. The molecule has 0 saturated carbocycles. The number of halogens is 1. The molecule has 1 heterocycles. The van der Waals surface area contributed by atoms with Gasteiger partial charge in [0.1, 0.15) is 5.82 Å². The summed E-state index contributed by atoms with van der Waals surface area (Å²) >= 11 is 1.22.